The van der Waals surface area contributed by atoms with Crippen molar-refractivity contribution in [1.29, 1.82) is 0 Å². The van der Waals surface area contributed by atoms with Crippen LogP contribution in [0.25, 0.3) is 10.9 Å². The van der Waals surface area contributed by atoms with E-state index in [-0.39, 0.29) is 12.5 Å². The summed E-state index contributed by atoms with van der Waals surface area (Å²) in [5.41, 5.74) is 7.48. The van der Waals surface area contributed by atoms with Gasteiger partial charge in [0, 0.05) is 10.9 Å². The van der Waals surface area contributed by atoms with Crippen LogP contribution in [-0.2, 0) is 17.8 Å². The van der Waals surface area contributed by atoms with E-state index in [4.69, 9.17) is 11.7 Å². The minimum absolute atomic E-state index is 0.171. The number of aryl methyl sites for hydroxylation is 2. The summed E-state index contributed by atoms with van der Waals surface area (Å²) < 4.78 is 1.97. The van der Waals surface area contributed by atoms with Crippen molar-refractivity contribution in [3.63, 3.8) is 0 Å². The average Bonchev–Trinajstić information content (AvgIpc) is 2.81. The molecule has 2 aromatic rings. The van der Waals surface area contributed by atoms with Crippen LogP contribution < -0.4 is 17.1 Å². The fourth-order valence-electron chi connectivity index (χ4n) is 3.15. The number of rotatable bonds is 2. The van der Waals surface area contributed by atoms with E-state index in [1.54, 1.807) is 0 Å². The molecule has 1 heterocycles. The van der Waals surface area contributed by atoms with Crippen molar-refractivity contribution in [2.75, 3.05) is 0 Å². The van der Waals surface area contributed by atoms with Crippen LogP contribution in [0.3, 0.4) is 0 Å². The summed E-state index contributed by atoms with van der Waals surface area (Å²) >= 11 is 0. The molecule has 6 heteroatoms. The van der Waals surface area contributed by atoms with Gasteiger partial charge in [0.2, 0.25) is 0 Å². The standard InChI is InChI=1S/C15H19N5O/c1-9-5-6-13-11(7-9)10-3-2-4-12(18-16)15(10)20(13)8-14(21)19-17/h5-7H,2-4,8,16-17H2,1H3,(H,19,21)/b18-12+. The minimum Gasteiger partial charge on any atom is -0.330 e. The van der Waals surface area contributed by atoms with E-state index >= 15 is 0 Å². The maximum Gasteiger partial charge on any atom is 0.253 e. The van der Waals surface area contributed by atoms with Gasteiger partial charge in [-0.15, -0.1) is 0 Å². The number of aromatic nitrogens is 1. The van der Waals surface area contributed by atoms with Crippen LogP contribution in [-0.4, -0.2) is 16.2 Å². The molecule has 0 spiro atoms. The SMILES string of the molecule is Cc1ccc2c(c1)c1c(n2CC(=O)NN)/C(=N/N)CCC1. The van der Waals surface area contributed by atoms with Crippen molar-refractivity contribution in [1.82, 2.24) is 9.99 Å². The van der Waals surface area contributed by atoms with Gasteiger partial charge in [0.15, 0.2) is 0 Å². The first-order chi connectivity index (χ1) is 10.2. The van der Waals surface area contributed by atoms with Gasteiger partial charge in [-0.2, -0.15) is 5.10 Å². The highest BCUT2D eigenvalue weighted by molar-refractivity contribution is 6.07. The van der Waals surface area contributed by atoms with E-state index in [2.05, 4.69) is 23.5 Å². The van der Waals surface area contributed by atoms with Crippen molar-refractivity contribution in [3.05, 3.63) is 35.0 Å². The summed E-state index contributed by atoms with van der Waals surface area (Å²) in [7, 11) is 0. The number of carbonyl (C=O) groups is 1. The van der Waals surface area contributed by atoms with E-state index in [0.29, 0.717) is 0 Å². The Morgan fingerprint density at radius 1 is 1.43 bits per heavy atom. The van der Waals surface area contributed by atoms with Crippen LogP contribution in [0, 0.1) is 6.92 Å². The monoisotopic (exact) mass is 285 g/mol. The molecule has 0 fully saturated rings. The molecule has 3 rings (SSSR count). The number of hydrazine groups is 1. The summed E-state index contributed by atoms with van der Waals surface area (Å²) in [4.78, 5) is 11.7. The minimum atomic E-state index is -0.239. The largest absolute Gasteiger partial charge is 0.330 e. The average molecular weight is 285 g/mol. The number of amides is 1. The van der Waals surface area contributed by atoms with E-state index < -0.39 is 0 Å². The van der Waals surface area contributed by atoms with Crippen molar-refractivity contribution in [2.24, 2.45) is 16.8 Å². The molecule has 1 aliphatic rings. The highest BCUT2D eigenvalue weighted by Gasteiger charge is 2.25. The molecule has 0 aliphatic heterocycles. The first kappa shape index (κ1) is 13.6. The van der Waals surface area contributed by atoms with Gasteiger partial charge < -0.3 is 10.4 Å². The molecule has 0 saturated heterocycles. The Labute approximate surface area is 122 Å². The molecule has 110 valence electrons. The third kappa shape index (κ3) is 2.17. The molecular formula is C15H19N5O. The summed E-state index contributed by atoms with van der Waals surface area (Å²) in [6.45, 7) is 2.24. The first-order valence-electron chi connectivity index (χ1n) is 7.04. The van der Waals surface area contributed by atoms with Gasteiger partial charge in [-0.25, -0.2) is 5.84 Å². The number of hydrogen-bond acceptors (Lipinski definition) is 4. The lowest BCUT2D eigenvalue weighted by molar-refractivity contribution is -0.121. The van der Waals surface area contributed by atoms with Crippen LogP contribution >= 0.6 is 0 Å². The predicted octanol–water partition coefficient (Wildman–Crippen LogP) is 0.939. The van der Waals surface area contributed by atoms with Crippen LogP contribution in [0.4, 0.5) is 0 Å². The molecule has 21 heavy (non-hydrogen) atoms. The van der Waals surface area contributed by atoms with Crippen LogP contribution in [0.2, 0.25) is 0 Å². The van der Waals surface area contributed by atoms with Crippen molar-refractivity contribution in [3.8, 4) is 0 Å². The molecule has 1 aliphatic carbocycles. The lowest BCUT2D eigenvalue weighted by Crippen LogP contribution is -2.34. The molecule has 6 nitrogen and oxygen atoms in total. The van der Waals surface area contributed by atoms with Crippen LogP contribution in [0.1, 0.15) is 29.7 Å². The third-order valence-corrected chi connectivity index (χ3v) is 4.06. The zero-order chi connectivity index (χ0) is 15.0. The van der Waals surface area contributed by atoms with E-state index in [1.807, 2.05) is 16.7 Å². The second-order valence-electron chi connectivity index (χ2n) is 5.43. The van der Waals surface area contributed by atoms with E-state index in [9.17, 15) is 4.79 Å². The van der Waals surface area contributed by atoms with Gasteiger partial charge in [0.25, 0.3) is 5.91 Å². The number of nitrogens with two attached hydrogens (primary N) is 2. The Bertz CT molecular complexity index is 744. The number of nitrogens with zero attached hydrogens (tertiary/aromatic N) is 2. The molecule has 5 N–H and O–H groups in total. The van der Waals surface area contributed by atoms with Gasteiger partial charge in [-0.05, 0) is 43.9 Å². The lowest BCUT2D eigenvalue weighted by Gasteiger charge is -2.17. The Balaban J connectivity index is 2.30. The highest BCUT2D eigenvalue weighted by atomic mass is 16.2. The quantitative estimate of drug-likeness (QED) is 0.435. The Hall–Kier alpha value is -2.34. The molecule has 0 saturated carbocycles. The first-order valence-corrected chi connectivity index (χ1v) is 7.04. The van der Waals surface area contributed by atoms with Crippen LogP contribution in [0.5, 0.6) is 0 Å². The molecule has 0 atom stereocenters. The van der Waals surface area contributed by atoms with E-state index in [1.165, 1.54) is 16.5 Å². The van der Waals surface area contributed by atoms with E-state index in [0.717, 1.165) is 36.2 Å². The van der Waals surface area contributed by atoms with Gasteiger partial charge in [0.1, 0.15) is 6.54 Å². The van der Waals surface area contributed by atoms with Gasteiger partial charge in [-0.3, -0.25) is 10.2 Å². The second-order valence-corrected chi connectivity index (χ2v) is 5.43. The number of benzene rings is 1. The second kappa shape index (κ2) is 5.21. The molecule has 0 unspecified atom stereocenters. The number of nitrogens with one attached hydrogen (secondary N) is 1. The summed E-state index contributed by atoms with van der Waals surface area (Å²) in [6, 6.07) is 6.25. The zero-order valence-corrected chi connectivity index (χ0v) is 12.0. The predicted molar refractivity (Wildman–Crippen MR) is 82.7 cm³/mol. The summed E-state index contributed by atoms with van der Waals surface area (Å²) in [6.07, 6.45) is 2.84. The van der Waals surface area contributed by atoms with Crippen molar-refractivity contribution < 1.29 is 4.79 Å². The fourth-order valence-corrected chi connectivity index (χ4v) is 3.15. The van der Waals surface area contributed by atoms with Gasteiger partial charge in [-0.1, -0.05) is 11.6 Å². The lowest BCUT2D eigenvalue weighted by atomic mass is 9.93. The Morgan fingerprint density at radius 2 is 2.24 bits per heavy atom. The Morgan fingerprint density at radius 3 is 2.95 bits per heavy atom. The molecule has 0 bridgehead atoms. The maximum absolute atomic E-state index is 11.7. The fraction of sp³-hybridized carbons (Fsp3) is 0.333. The highest BCUT2D eigenvalue weighted by Crippen LogP contribution is 2.33. The smallest absolute Gasteiger partial charge is 0.253 e. The normalized spacial score (nSPS) is 16.2. The molecule has 1 aromatic heterocycles. The number of carbonyl (C=O) groups excluding carboxylic acids is 1. The third-order valence-electron chi connectivity index (χ3n) is 4.06. The van der Waals surface area contributed by atoms with Crippen molar-refractivity contribution in [2.45, 2.75) is 32.7 Å². The Kier molecular flexibility index (Phi) is 3.39. The number of hydrazone groups is 1. The summed E-state index contributed by atoms with van der Waals surface area (Å²) in [5, 5.41) is 5.11. The number of fused-ring (bicyclic) bond motifs is 3. The zero-order valence-electron chi connectivity index (χ0n) is 12.0. The molecule has 0 radical (unpaired) electrons. The maximum atomic E-state index is 11.7. The number of hydrogen-bond donors (Lipinski definition) is 3. The summed E-state index contributed by atoms with van der Waals surface area (Å²) in [5.74, 6) is 10.5. The molecular weight excluding hydrogens is 266 g/mol. The van der Waals surface area contributed by atoms with Crippen molar-refractivity contribution >= 4 is 22.5 Å². The molecule has 1 aromatic carbocycles. The van der Waals surface area contributed by atoms with Gasteiger partial charge >= 0.3 is 0 Å². The van der Waals surface area contributed by atoms with Crippen LogP contribution in [0.15, 0.2) is 23.3 Å². The molecule has 1 amide bonds. The topological polar surface area (TPSA) is 98.4 Å². The van der Waals surface area contributed by atoms with Gasteiger partial charge in [0.05, 0.1) is 11.4 Å².